The molecule has 0 saturated heterocycles. The van der Waals surface area contributed by atoms with Crippen molar-refractivity contribution in [2.24, 2.45) is 5.10 Å². The standard InChI is InChI=1S/C21H19N3O3S2.HI/c1-15-24(20-7-2-3-8-21(20)28-15)14-16-5-4-6-18(13-16)23-22-17-9-11-19(12-10-17)29(25,26)27;/h2-5,7-13,22H,6,14H2,1H3;1H. The van der Waals surface area contributed by atoms with Gasteiger partial charge in [-0.2, -0.15) is 18.1 Å². The highest BCUT2D eigenvalue weighted by atomic mass is 127. The van der Waals surface area contributed by atoms with Crippen molar-refractivity contribution in [1.29, 1.82) is 0 Å². The summed E-state index contributed by atoms with van der Waals surface area (Å²) < 4.78 is 34.8. The Morgan fingerprint density at radius 3 is 2.63 bits per heavy atom. The highest BCUT2D eigenvalue weighted by molar-refractivity contribution is 7.85. The number of aromatic nitrogens is 1. The molecule has 0 atom stereocenters. The highest BCUT2D eigenvalue weighted by Crippen LogP contribution is 2.21. The Kier molecular flexibility index (Phi) is 7.06. The lowest BCUT2D eigenvalue weighted by molar-refractivity contribution is -0.664. The van der Waals surface area contributed by atoms with Crippen LogP contribution in [0.2, 0.25) is 0 Å². The van der Waals surface area contributed by atoms with E-state index >= 15 is 0 Å². The van der Waals surface area contributed by atoms with Gasteiger partial charge in [-0.1, -0.05) is 35.6 Å². The number of hydrogen-bond donors (Lipinski definition) is 2. The summed E-state index contributed by atoms with van der Waals surface area (Å²) in [6.07, 6.45) is 6.99. The van der Waals surface area contributed by atoms with Crippen LogP contribution in [0.15, 0.2) is 82.3 Å². The molecule has 30 heavy (non-hydrogen) atoms. The van der Waals surface area contributed by atoms with Crippen LogP contribution in [-0.4, -0.2) is 18.7 Å². The number of nitrogens with one attached hydrogen (secondary N) is 1. The summed E-state index contributed by atoms with van der Waals surface area (Å²) in [7, 11) is -4.19. The molecule has 0 fully saturated rings. The van der Waals surface area contributed by atoms with Gasteiger partial charge in [-0.15, -0.1) is 0 Å². The first-order valence-corrected chi connectivity index (χ1v) is 11.3. The van der Waals surface area contributed by atoms with Crippen molar-refractivity contribution in [3.8, 4) is 0 Å². The van der Waals surface area contributed by atoms with E-state index in [1.54, 1.807) is 23.5 Å². The molecule has 1 heterocycles. The van der Waals surface area contributed by atoms with Crippen molar-refractivity contribution < 1.29 is 41.5 Å². The predicted molar refractivity (Wildman–Crippen MR) is 116 cm³/mol. The van der Waals surface area contributed by atoms with Crippen LogP contribution < -0.4 is 34.0 Å². The topological polar surface area (TPSA) is 82.6 Å². The van der Waals surface area contributed by atoms with Crippen molar-refractivity contribution in [2.45, 2.75) is 24.8 Å². The SMILES string of the molecule is Cc1sc2ccccc2[n+]1CC1=CC(=NNc2ccc(S(=O)(=O)O)cc2)CC=C1.[I-]. The fourth-order valence-corrected chi connectivity index (χ4v) is 4.70. The monoisotopic (exact) mass is 553 g/mol. The number of thiazole rings is 1. The molecule has 1 aliphatic carbocycles. The van der Waals surface area contributed by atoms with Gasteiger partial charge in [-0.3, -0.25) is 9.98 Å². The second kappa shape index (κ2) is 9.38. The molecule has 0 unspecified atom stereocenters. The molecule has 0 aliphatic heterocycles. The largest absolute Gasteiger partial charge is 1.00 e. The van der Waals surface area contributed by atoms with Crippen molar-refractivity contribution in [2.75, 3.05) is 5.43 Å². The minimum absolute atomic E-state index is 0. The summed E-state index contributed by atoms with van der Waals surface area (Å²) in [6.45, 7) is 2.90. The van der Waals surface area contributed by atoms with Crippen LogP contribution in [0.3, 0.4) is 0 Å². The number of hydrogen-bond acceptors (Lipinski definition) is 5. The second-order valence-electron chi connectivity index (χ2n) is 6.72. The van der Waals surface area contributed by atoms with Crippen molar-refractivity contribution in [1.82, 2.24) is 0 Å². The van der Waals surface area contributed by atoms with Gasteiger partial charge in [0, 0.05) is 25.0 Å². The van der Waals surface area contributed by atoms with Crippen LogP contribution in [0.25, 0.3) is 10.2 Å². The maximum absolute atomic E-state index is 11.1. The lowest BCUT2D eigenvalue weighted by atomic mass is 10.1. The van der Waals surface area contributed by atoms with E-state index < -0.39 is 10.1 Å². The van der Waals surface area contributed by atoms with Crippen LogP contribution >= 0.6 is 11.3 Å². The van der Waals surface area contributed by atoms with Gasteiger partial charge in [0.2, 0.25) is 10.5 Å². The molecule has 0 amide bonds. The van der Waals surface area contributed by atoms with Gasteiger partial charge in [-0.25, -0.2) is 0 Å². The Morgan fingerprint density at radius 1 is 1.17 bits per heavy atom. The minimum atomic E-state index is -4.19. The van der Waals surface area contributed by atoms with Gasteiger partial charge in [0.05, 0.1) is 16.3 Å². The molecule has 4 rings (SSSR count). The summed E-state index contributed by atoms with van der Waals surface area (Å²) in [5.74, 6) is 0. The van der Waals surface area contributed by atoms with E-state index in [0.29, 0.717) is 12.1 Å². The van der Waals surface area contributed by atoms with Crippen molar-refractivity contribution in [3.63, 3.8) is 0 Å². The minimum Gasteiger partial charge on any atom is -1.00 e. The summed E-state index contributed by atoms with van der Waals surface area (Å²) in [4.78, 5) is -0.145. The number of hydrazone groups is 1. The Labute approximate surface area is 196 Å². The first-order valence-electron chi connectivity index (χ1n) is 9.05. The molecule has 3 aromatic rings. The van der Waals surface area contributed by atoms with Crippen LogP contribution in [0.4, 0.5) is 5.69 Å². The molecule has 6 nitrogen and oxygen atoms in total. The van der Waals surface area contributed by atoms with Gasteiger partial charge in [0.1, 0.15) is 4.70 Å². The number of anilines is 1. The van der Waals surface area contributed by atoms with Gasteiger partial charge in [0.25, 0.3) is 10.1 Å². The van der Waals surface area contributed by atoms with Crippen LogP contribution in [0.1, 0.15) is 11.4 Å². The number of halogens is 1. The number of fused-ring (bicyclic) bond motifs is 1. The Bertz CT molecular complexity index is 1260. The maximum atomic E-state index is 11.1. The summed E-state index contributed by atoms with van der Waals surface area (Å²) in [6, 6.07) is 14.2. The Morgan fingerprint density at radius 2 is 1.90 bits per heavy atom. The molecule has 0 spiro atoms. The lowest BCUT2D eigenvalue weighted by Crippen LogP contribution is -3.00. The Hall–Kier alpha value is -2.08. The maximum Gasteiger partial charge on any atom is 0.294 e. The molecular weight excluding hydrogens is 533 g/mol. The summed E-state index contributed by atoms with van der Waals surface area (Å²) in [5.41, 5.74) is 6.86. The van der Waals surface area contributed by atoms with Crippen molar-refractivity contribution >= 4 is 43.1 Å². The van der Waals surface area contributed by atoms with Crippen LogP contribution in [0, 0.1) is 6.92 Å². The van der Waals surface area contributed by atoms with E-state index in [1.165, 1.54) is 27.4 Å². The van der Waals surface area contributed by atoms with E-state index in [9.17, 15) is 8.42 Å². The summed E-state index contributed by atoms with van der Waals surface area (Å²) >= 11 is 1.79. The predicted octanol–water partition coefficient (Wildman–Crippen LogP) is 1.10. The van der Waals surface area contributed by atoms with E-state index in [2.05, 4.69) is 64.5 Å². The number of para-hydroxylation sites is 1. The van der Waals surface area contributed by atoms with E-state index in [1.807, 2.05) is 0 Å². The fraction of sp³-hybridized carbons (Fsp3) is 0.143. The third-order valence-corrected chi connectivity index (χ3v) is 6.58. The molecule has 156 valence electrons. The second-order valence-corrected chi connectivity index (χ2v) is 9.37. The average molecular weight is 553 g/mol. The molecule has 0 radical (unpaired) electrons. The zero-order valence-electron chi connectivity index (χ0n) is 16.1. The molecule has 0 saturated carbocycles. The smallest absolute Gasteiger partial charge is 0.294 e. The summed E-state index contributed by atoms with van der Waals surface area (Å²) in [5, 5.41) is 5.68. The van der Waals surface area contributed by atoms with Gasteiger partial charge >= 0.3 is 0 Å². The molecular formula is C21H20IN3O3S2. The lowest BCUT2D eigenvalue weighted by Gasteiger charge is -2.08. The zero-order chi connectivity index (χ0) is 20.4. The highest BCUT2D eigenvalue weighted by Gasteiger charge is 2.18. The molecule has 0 bridgehead atoms. The molecule has 2 N–H and O–H groups in total. The van der Waals surface area contributed by atoms with E-state index in [-0.39, 0.29) is 28.9 Å². The Balaban J connectivity index is 0.00000256. The van der Waals surface area contributed by atoms with E-state index in [0.717, 1.165) is 17.8 Å². The van der Waals surface area contributed by atoms with Crippen molar-refractivity contribution in [3.05, 3.63) is 77.3 Å². The van der Waals surface area contributed by atoms with Gasteiger partial charge in [0.15, 0.2) is 6.54 Å². The molecule has 1 aromatic heterocycles. The zero-order valence-corrected chi connectivity index (χ0v) is 19.9. The number of aryl methyl sites for hydroxylation is 1. The number of rotatable bonds is 5. The van der Waals surface area contributed by atoms with Gasteiger partial charge in [-0.05, 0) is 36.4 Å². The first-order chi connectivity index (χ1) is 13.9. The number of allylic oxidation sites excluding steroid dienone is 4. The average Bonchev–Trinajstić information content (AvgIpc) is 3.02. The number of nitrogens with zero attached hydrogens (tertiary/aromatic N) is 2. The van der Waals surface area contributed by atoms with E-state index in [4.69, 9.17) is 4.55 Å². The fourth-order valence-electron chi connectivity index (χ4n) is 3.20. The van der Waals surface area contributed by atoms with Crippen LogP contribution in [-0.2, 0) is 16.7 Å². The molecule has 2 aromatic carbocycles. The van der Waals surface area contributed by atoms with Crippen LogP contribution in [0.5, 0.6) is 0 Å². The molecule has 9 heteroatoms. The third-order valence-electron chi connectivity index (χ3n) is 4.63. The first kappa shape index (κ1) is 22.6. The third kappa shape index (κ3) is 5.15. The molecule has 1 aliphatic rings. The normalized spacial score (nSPS) is 15.1. The van der Waals surface area contributed by atoms with Gasteiger partial charge < -0.3 is 24.0 Å². The number of benzene rings is 2. The quantitative estimate of drug-likeness (QED) is 0.215.